The molecule has 0 radical (unpaired) electrons. The Morgan fingerprint density at radius 2 is 2.12 bits per heavy atom. The van der Waals surface area contributed by atoms with Crippen LogP contribution in [0.5, 0.6) is 0 Å². The Labute approximate surface area is 94.6 Å². The molecular formula is C13H15FN2. The number of nitrogens with one attached hydrogen (secondary N) is 1. The molecule has 1 aliphatic heterocycles. The van der Waals surface area contributed by atoms with E-state index >= 15 is 0 Å². The summed E-state index contributed by atoms with van der Waals surface area (Å²) in [6.45, 7) is 2.27. The van der Waals surface area contributed by atoms with E-state index in [0.29, 0.717) is 0 Å². The molecular weight excluding hydrogens is 203 g/mol. The molecule has 2 unspecified atom stereocenters. The summed E-state index contributed by atoms with van der Waals surface area (Å²) >= 11 is 0. The second kappa shape index (κ2) is 3.98. The lowest BCUT2D eigenvalue weighted by Crippen LogP contribution is -2.16. The van der Waals surface area contributed by atoms with Crippen LogP contribution < -0.4 is 5.32 Å². The van der Waals surface area contributed by atoms with Crippen molar-refractivity contribution in [2.24, 2.45) is 11.8 Å². The van der Waals surface area contributed by atoms with E-state index in [9.17, 15) is 4.39 Å². The first kappa shape index (κ1) is 9.97. The first-order valence-electron chi connectivity index (χ1n) is 5.84. The molecule has 2 heterocycles. The summed E-state index contributed by atoms with van der Waals surface area (Å²) in [5.74, 6) is 1.16. The zero-order chi connectivity index (χ0) is 11.0. The second-order valence-electron chi connectivity index (χ2n) is 4.72. The highest BCUT2D eigenvalue weighted by atomic mass is 19.1. The number of halogens is 1. The van der Waals surface area contributed by atoms with E-state index < -0.39 is 5.95 Å². The van der Waals surface area contributed by atoms with Gasteiger partial charge in [-0.25, -0.2) is 4.98 Å². The topological polar surface area (TPSA) is 24.9 Å². The van der Waals surface area contributed by atoms with E-state index in [4.69, 9.17) is 0 Å². The summed E-state index contributed by atoms with van der Waals surface area (Å²) in [5.41, 5.74) is 2.41. The molecule has 1 aliphatic carbocycles. The molecule has 1 aromatic rings. The number of hydrogen-bond acceptors (Lipinski definition) is 2. The van der Waals surface area contributed by atoms with Crippen molar-refractivity contribution >= 4 is 5.57 Å². The van der Waals surface area contributed by atoms with Gasteiger partial charge in [0.15, 0.2) is 0 Å². The second-order valence-corrected chi connectivity index (χ2v) is 4.72. The average molecular weight is 218 g/mol. The molecule has 0 aromatic carbocycles. The standard InChI is InChI=1S/C13H15FN2/c14-13-4-3-11(8-16-13)9-1-2-10-6-15-7-12(10)5-9/h1,3-4,8,10,12,15H,2,5-7H2. The van der Waals surface area contributed by atoms with Crippen molar-refractivity contribution in [3.63, 3.8) is 0 Å². The normalized spacial score (nSPS) is 28.7. The third-order valence-electron chi connectivity index (χ3n) is 3.73. The lowest BCUT2D eigenvalue weighted by molar-refractivity contribution is 0.417. The molecule has 2 atom stereocenters. The lowest BCUT2D eigenvalue weighted by Gasteiger charge is -2.24. The van der Waals surface area contributed by atoms with Crippen LogP contribution in [-0.2, 0) is 0 Å². The van der Waals surface area contributed by atoms with Gasteiger partial charge in [-0.05, 0) is 61.0 Å². The quantitative estimate of drug-likeness (QED) is 0.731. The van der Waals surface area contributed by atoms with Crippen LogP contribution in [0.1, 0.15) is 18.4 Å². The van der Waals surface area contributed by atoms with Crippen molar-refractivity contribution in [1.82, 2.24) is 10.3 Å². The largest absolute Gasteiger partial charge is 0.316 e. The van der Waals surface area contributed by atoms with Crippen molar-refractivity contribution < 1.29 is 4.39 Å². The zero-order valence-electron chi connectivity index (χ0n) is 9.12. The highest BCUT2D eigenvalue weighted by molar-refractivity contribution is 5.65. The van der Waals surface area contributed by atoms with Gasteiger partial charge in [0, 0.05) is 6.20 Å². The molecule has 3 heteroatoms. The summed E-state index contributed by atoms with van der Waals surface area (Å²) in [5, 5.41) is 3.44. The van der Waals surface area contributed by atoms with Crippen molar-refractivity contribution in [2.45, 2.75) is 12.8 Å². The molecule has 2 aliphatic rings. The number of nitrogens with zero attached hydrogens (tertiary/aromatic N) is 1. The van der Waals surface area contributed by atoms with Crippen molar-refractivity contribution in [3.05, 3.63) is 35.9 Å². The Morgan fingerprint density at radius 3 is 2.94 bits per heavy atom. The summed E-state index contributed by atoms with van der Waals surface area (Å²) in [6.07, 6.45) is 6.18. The smallest absolute Gasteiger partial charge is 0.212 e. The summed E-state index contributed by atoms with van der Waals surface area (Å²) in [4.78, 5) is 3.72. The first-order chi connectivity index (χ1) is 7.83. The van der Waals surface area contributed by atoms with Gasteiger partial charge in [-0.2, -0.15) is 4.39 Å². The summed E-state index contributed by atoms with van der Waals surface area (Å²) in [6, 6.07) is 3.27. The van der Waals surface area contributed by atoms with Crippen molar-refractivity contribution in [2.75, 3.05) is 13.1 Å². The maximum atomic E-state index is 12.7. The van der Waals surface area contributed by atoms with Crippen molar-refractivity contribution in [3.8, 4) is 0 Å². The molecule has 1 fully saturated rings. The highest BCUT2D eigenvalue weighted by Gasteiger charge is 2.30. The molecule has 2 nitrogen and oxygen atoms in total. The fourth-order valence-corrected chi connectivity index (χ4v) is 2.76. The van der Waals surface area contributed by atoms with Crippen LogP contribution in [0.15, 0.2) is 24.4 Å². The molecule has 0 spiro atoms. The molecule has 3 rings (SSSR count). The number of aromatic nitrogens is 1. The van der Waals surface area contributed by atoms with E-state index in [1.807, 2.05) is 6.07 Å². The van der Waals surface area contributed by atoms with Crippen LogP contribution in [0.3, 0.4) is 0 Å². The van der Waals surface area contributed by atoms with Gasteiger partial charge in [0.2, 0.25) is 5.95 Å². The molecule has 0 amide bonds. The van der Waals surface area contributed by atoms with Crippen LogP contribution in [0, 0.1) is 17.8 Å². The number of allylic oxidation sites excluding steroid dienone is 2. The molecule has 1 N–H and O–H groups in total. The number of rotatable bonds is 1. The highest BCUT2D eigenvalue weighted by Crippen LogP contribution is 2.36. The number of hydrogen-bond donors (Lipinski definition) is 1. The van der Waals surface area contributed by atoms with Crippen LogP contribution in [0.2, 0.25) is 0 Å². The monoisotopic (exact) mass is 218 g/mol. The van der Waals surface area contributed by atoms with Crippen LogP contribution >= 0.6 is 0 Å². The van der Waals surface area contributed by atoms with Gasteiger partial charge < -0.3 is 5.32 Å². The van der Waals surface area contributed by atoms with Gasteiger partial charge >= 0.3 is 0 Å². The van der Waals surface area contributed by atoms with Gasteiger partial charge in [0.1, 0.15) is 0 Å². The minimum atomic E-state index is -0.402. The Bertz CT molecular complexity index is 410. The number of pyridine rings is 1. The van der Waals surface area contributed by atoms with Crippen molar-refractivity contribution in [1.29, 1.82) is 0 Å². The minimum absolute atomic E-state index is 0.402. The van der Waals surface area contributed by atoms with E-state index in [1.54, 1.807) is 6.20 Å². The summed E-state index contributed by atoms with van der Waals surface area (Å²) < 4.78 is 12.7. The van der Waals surface area contributed by atoms with Gasteiger partial charge in [0.25, 0.3) is 0 Å². The number of fused-ring (bicyclic) bond motifs is 1. The Morgan fingerprint density at radius 1 is 1.25 bits per heavy atom. The van der Waals surface area contributed by atoms with Gasteiger partial charge in [-0.15, -0.1) is 0 Å². The molecule has 1 aromatic heterocycles. The minimum Gasteiger partial charge on any atom is -0.316 e. The maximum Gasteiger partial charge on any atom is 0.212 e. The van der Waals surface area contributed by atoms with E-state index in [0.717, 1.165) is 43.3 Å². The lowest BCUT2D eigenvalue weighted by atomic mass is 9.80. The molecule has 84 valence electrons. The van der Waals surface area contributed by atoms with E-state index in [1.165, 1.54) is 11.6 Å². The zero-order valence-corrected chi connectivity index (χ0v) is 9.12. The fraction of sp³-hybridized carbons (Fsp3) is 0.462. The average Bonchev–Trinajstić information content (AvgIpc) is 2.77. The van der Waals surface area contributed by atoms with Gasteiger partial charge in [0.05, 0.1) is 0 Å². The Kier molecular flexibility index (Phi) is 2.48. The molecule has 0 saturated carbocycles. The van der Waals surface area contributed by atoms with Gasteiger partial charge in [-0.3, -0.25) is 0 Å². The first-order valence-corrected chi connectivity index (χ1v) is 5.84. The Hall–Kier alpha value is -1.22. The van der Waals surface area contributed by atoms with Crippen LogP contribution in [-0.4, -0.2) is 18.1 Å². The van der Waals surface area contributed by atoms with Crippen LogP contribution in [0.25, 0.3) is 5.57 Å². The Balaban J connectivity index is 1.83. The molecule has 16 heavy (non-hydrogen) atoms. The SMILES string of the molecule is Fc1ccc(C2=CCC3CNCC3C2)cn1. The predicted molar refractivity (Wildman–Crippen MR) is 61.3 cm³/mol. The summed E-state index contributed by atoms with van der Waals surface area (Å²) in [7, 11) is 0. The third kappa shape index (κ3) is 1.76. The van der Waals surface area contributed by atoms with Gasteiger partial charge in [-0.1, -0.05) is 6.08 Å². The molecule has 1 saturated heterocycles. The fourth-order valence-electron chi connectivity index (χ4n) is 2.76. The maximum absolute atomic E-state index is 12.7. The molecule has 0 bridgehead atoms. The van der Waals surface area contributed by atoms with Crippen LogP contribution in [0.4, 0.5) is 4.39 Å². The predicted octanol–water partition coefficient (Wildman–Crippen LogP) is 2.23. The van der Waals surface area contributed by atoms with E-state index in [-0.39, 0.29) is 0 Å². The van der Waals surface area contributed by atoms with E-state index in [2.05, 4.69) is 16.4 Å². The third-order valence-corrected chi connectivity index (χ3v) is 3.73.